The Morgan fingerprint density at radius 3 is 2.88 bits per heavy atom. The normalized spacial score (nSPS) is 12.9. The summed E-state index contributed by atoms with van der Waals surface area (Å²) in [6.45, 7) is 3.50. The lowest BCUT2D eigenvalue weighted by Gasteiger charge is -1.98. The van der Waals surface area contributed by atoms with Crippen LogP contribution in [0.5, 0.6) is 0 Å². The molecule has 0 radical (unpaired) electrons. The molecule has 0 aliphatic rings. The largest absolute Gasteiger partial charge is 0.481 e. The number of aryl methyl sites for hydroxylation is 1. The third-order valence-electron chi connectivity index (χ3n) is 2.57. The van der Waals surface area contributed by atoms with E-state index in [4.69, 9.17) is 16.7 Å². The molecule has 2 aromatic rings. The Morgan fingerprint density at radius 2 is 2.25 bits per heavy atom. The highest BCUT2D eigenvalue weighted by molar-refractivity contribution is 6.31. The minimum atomic E-state index is -0.883. The maximum absolute atomic E-state index is 10.8. The van der Waals surface area contributed by atoms with Crippen molar-refractivity contribution in [3.05, 3.63) is 34.7 Å². The van der Waals surface area contributed by atoms with Gasteiger partial charge in [-0.15, -0.1) is 0 Å². The Hall–Kier alpha value is -1.55. The molecule has 0 aliphatic carbocycles. The zero-order valence-corrected chi connectivity index (χ0v) is 9.69. The van der Waals surface area contributed by atoms with Gasteiger partial charge in [0.25, 0.3) is 0 Å². The highest BCUT2D eigenvalue weighted by Crippen LogP contribution is 2.20. The maximum Gasteiger partial charge on any atom is 0.312 e. The fourth-order valence-corrected chi connectivity index (χ4v) is 1.62. The highest BCUT2D eigenvalue weighted by atomic mass is 35.5. The first-order valence-corrected chi connectivity index (χ1v) is 5.24. The van der Waals surface area contributed by atoms with Crippen molar-refractivity contribution in [2.24, 2.45) is 0 Å². The lowest BCUT2D eigenvalue weighted by molar-refractivity contribution is -0.138. The third kappa shape index (κ3) is 1.76. The average Bonchev–Trinajstić information content (AvgIpc) is 2.60. The number of carbonyl (C=O) groups is 1. The summed E-state index contributed by atoms with van der Waals surface area (Å²) in [7, 11) is 0. The Morgan fingerprint density at radius 1 is 1.56 bits per heavy atom. The first kappa shape index (κ1) is 11.0. The molecular weight excluding hydrogens is 228 g/mol. The molecule has 1 atom stereocenters. The molecule has 1 unspecified atom stereocenters. The SMILES string of the molecule is Cc1cc2nc(C(C)C(=O)O)cn2cc1Cl. The van der Waals surface area contributed by atoms with Gasteiger partial charge in [-0.05, 0) is 25.5 Å². The number of imidazole rings is 1. The molecule has 4 nitrogen and oxygen atoms in total. The van der Waals surface area contributed by atoms with Crippen molar-refractivity contribution < 1.29 is 9.90 Å². The average molecular weight is 239 g/mol. The molecule has 0 bridgehead atoms. The van der Waals surface area contributed by atoms with Gasteiger partial charge >= 0.3 is 5.97 Å². The van der Waals surface area contributed by atoms with Gasteiger partial charge in [-0.1, -0.05) is 11.6 Å². The topological polar surface area (TPSA) is 54.6 Å². The predicted molar refractivity (Wildman–Crippen MR) is 61.0 cm³/mol. The van der Waals surface area contributed by atoms with E-state index in [1.165, 1.54) is 0 Å². The standard InChI is InChI=1S/C11H11ClN2O2/c1-6-3-10-13-9(7(2)11(15)16)5-14(10)4-8(6)12/h3-5,7H,1-2H3,(H,15,16). The van der Waals surface area contributed by atoms with Crippen LogP contribution in [0.1, 0.15) is 24.1 Å². The molecular formula is C11H11ClN2O2. The second-order valence-electron chi connectivity index (χ2n) is 3.80. The zero-order valence-electron chi connectivity index (χ0n) is 8.94. The van der Waals surface area contributed by atoms with Crippen LogP contribution < -0.4 is 0 Å². The number of halogens is 1. The van der Waals surface area contributed by atoms with Gasteiger partial charge in [-0.25, -0.2) is 4.98 Å². The summed E-state index contributed by atoms with van der Waals surface area (Å²) in [5.74, 6) is -1.50. The van der Waals surface area contributed by atoms with Crippen molar-refractivity contribution in [1.29, 1.82) is 0 Å². The van der Waals surface area contributed by atoms with Crippen LogP contribution in [0.15, 0.2) is 18.5 Å². The number of fused-ring (bicyclic) bond motifs is 1. The molecule has 2 aromatic heterocycles. The van der Waals surface area contributed by atoms with E-state index in [1.54, 1.807) is 23.7 Å². The van der Waals surface area contributed by atoms with Crippen molar-refractivity contribution in [3.63, 3.8) is 0 Å². The molecule has 0 saturated carbocycles. The zero-order chi connectivity index (χ0) is 11.9. The second kappa shape index (κ2) is 3.79. The molecule has 0 amide bonds. The Bertz CT molecular complexity index is 523. The smallest absolute Gasteiger partial charge is 0.312 e. The molecule has 0 fully saturated rings. The minimum Gasteiger partial charge on any atom is -0.481 e. The minimum absolute atomic E-state index is 0.536. The van der Waals surface area contributed by atoms with Crippen molar-refractivity contribution in [2.45, 2.75) is 19.8 Å². The van der Waals surface area contributed by atoms with Crippen LogP contribution in [-0.2, 0) is 4.79 Å². The maximum atomic E-state index is 10.8. The summed E-state index contributed by atoms with van der Waals surface area (Å²) in [5.41, 5.74) is 2.17. The monoisotopic (exact) mass is 238 g/mol. The summed E-state index contributed by atoms with van der Waals surface area (Å²) < 4.78 is 1.74. The van der Waals surface area contributed by atoms with Gasteiger partial charge in [0.2, 0.25) is 0 Å². The summed E-state index contributed by atoms with van der Waals surface area (Å²) in [5, 5.41) is 9.53. The summed E-state index contributed by atoms with van der Waals surface area (Å²) in [6.07, 6.45) is 3.43. The number of nitrogens with zero attached hydrogens (tertiary/aromatic N) is 2. The number of hydrogen-bond donors (Lipinski definition) is 1. The molecule has 0 saturated heterocycles. The van der Waals surface area contributed by atoms with Gasteiger partial charge in [0.05, 0.1) is 16.6 Å². The molecule has 1 N–H and O–H groups in total. The Balaban J connectivity index is 2.56. The van der Waals surface area contributed by atoms with E-state index in [1.807, 2.05) is 13.0 Å². The third-order valence-corrected chi connectivity index (χ3v) is 2.96. The van der Waals surface area contributed by atoms with E-state index in [0.29, 0.717) is 16.4 Å². The number of aliphatic carboxylic acids is 1. The van der Waals surface area contributed by atoms with Crippen LogP contribution in [0, 0.1) is 6.92 Å². The van der Waals surface area contributed by atoms with Crippen LogP contribution >= 0.6 is 11.6 Å². The van der Waals surface area contributed by atoms with E-state index in [2.05, 4.69) is 4.98 Å². The molecule has 2 rings (SSSR count). The predicted octanol–water partition coefficient (Wildman–Crippen LogP) is 2.48. The number of pyridine rings is 1. The van der Waals surface area contributed by atoms with Crippen molar-refractivity contribution >= 4 is 23.2 Å². The number of hydrogen-bond acceptors (Lipinski definition) is 2. The van der Waals surface area contributed by atoms with Crippen LogP contribution in [0.25, 0.3) is 5.65 Å². The van der Waals surface area contributed by atoms with E-state index < -0.39 is 11.9 Å². The Kier molecular flexibility index (Phi) is 2.59. The lowest BCUT2D eigenvalue weighted by Crippen LogP contribution is -2.07. The Labute approximate surface area is 97.5 Å². The van der Waals surface area contributed by atoms with E-state index in [-0.39, 0.29) is 0 Å². The number of aromatic nitrogens is 2. The van der Waals surface area contributed by atoms with Gasteiger partial charge < -0.3 is 9.51 Å². The van der Waals surface area contributed by atoms with E-state index in [9.17, 15) is 4.79 Å². The summed E-state index contributed by atoms with van der Waals surface area (Å²) in [6, 6.07) is 1.83. The van der Waals surface area contributed by atoms with Crippen LogP contribution in [0.4, 0.5) is 0 Å². The summed E-state index contributed by atoms with van der Waals surface area (Å²) in [4.78, 5) is 15.1. The summed E-state index contributed by atoms with van der Waals surface area (Å²) >= 11 is 5.97. The van der Waals surface area contributed by atoms with Gasteiger partial charge in [-0.2, -0.15) is 0 Å². The van der Waals surface area contributed by atoms with Crippen LogP contribution in [0.3, 0.4) is 0 Å². The number of carboxylic acid groups (broad SMARTS) is 1. The van der Waals surface area contributed by atoms with Crippen molar-refractivity contribution in [3.8, 4) is 0 Å². The van der Waals surface area contributed by atoms with Gasteiger partial charge in [-0.3, -0.25) is 4.79 Å². The molecule has 0 aliphatic heterocycles. The van der Waals surface area contributed by atoms with Gasteiger partial charge in [0.1, 0.15) is 5.65 Å². The van der Waals surface area contributed by atoms with E-state index in [0.717, 1.165) is 5.56 Å². The fourth-order valence-electron chi connectivity index (χ4n) is 1.46. The molecule has 2 heterocycles. The molecule has 0 aromatic carbocycles. The quantitative estimate of drug-likeness (QED) is 0.875. The number of rotatable bonds is 2. The molecule has 0 spiro atoms. The van der Waals surface area contributed by atoms with Crippen LogP contribution in [-0.4, -0.2) is 20.5 Å². The second-order valence-corrected chi connectivity index (χ2v) is 4.20. The van der Waals surface area contributed by atoms with Gasteiger partial charge in [0.15, 0.2) is 0 Å². The van der Waals surface area contributed by atoms with Gasteiger partial charge in [0, 0.05) is 12.4 Å². The number of carboxylic acids is 1. The fraction of sp³-hybridized carbons (Fsp3) is 0.273. The molecule has 5 heteroatoms. The van der Waals surface area contributed by atoms with Crippen molar-refractivity contribution in [2.75, 3.05) is 0 Å². The molecule has 16 heavy (non-hydrogen) atoms. The van der Waals surface area contributed by atoms with E-state index >= 15 is 0 Å². The lowest BCUT2D eigenvalue weighted by atomic mass is 10.1. The molecule has 84 valence electrons. The van der Waals surface area contributed by atoms with Crippen LogP contribution in [0.2, 0.25) is 5.02 Å². The first-order valence-electron chi connectivity index (χ1n) is 4.86. The highest BCUT2D eigenvalue weighted by Gasteiger charge is 2.17. The van der Waals surface area contributed by atoms with Crippen molar-refractivity contribution in [1.82, 2.24) is 9.38 Å². The first-order chi connectivity index (χ1) is 7.49.